The van der Waals surface area contributed by atoms with Gasteiger partial charge in [0.2, 0.25) is 0 Å². The molecule has 1 heterocycles. The highest BCUT2D eigenvalue weighted by molar-refractivity contribution is 7.99. The number of rotatable bonds is 5. The maximum Gasteiger partial charge on any atom is 0.141 e. The molecule has 1 unspecified atom stereocenters. The SMILES string of the molecule is CCCCCC(=O)C1CSc2ccccc21. The zero-order chi connectivity index (χ0) is 11.4. The average Bonchev–Trinajstić information content (AvgIpc) is 2.73. The molecular formula is C14H18OS. The van der Waals surface area contributed by atoms with E-state index in [1.54, 1.807) is 0 Å². The number of unbranched alkanes of at least 4 members (excludes halogenated alkanes) is 2. The van der Waals surface area contributed by atoms with Gasteiger partial charge in [-0.05, 0) is 18.1 Å². The van der Waals surface area contributed by atoms with Gasteiger partial charge in [-0.15, -0.1) is 11.8 Å². The van der Waals surface area contributed by atoms with E-state index in [1.165, 1.54) is 23.3 Å². The van der Waals surface area contributed by atoms with E-state index in [0.717, 1.165) is 18.6 Å². The Morgan fingerprint density at radius 2 is 2.19 bits per heavy atom. The third-order valence-electron chi connectivity index (χ3n) is 3.12. The number of benzene rings is 1. The molecule has 16 heavy (non-hydrogen) atoms. The van der Waals surface area contributed by atoms with Gasteiger partial charge in [-0.1, -0.05) is 38.0 Å². The first-order valence-corrected chi connectivity index (χ1v) is 7.06. The Balaban J connectivity index is 1.99. The van der Waals surface area contributed by atoms with Crippen LogP contribution in [0.4, 0.5) is 0 Å². The first-order chi connectivity index (χ1) is 7.83. The highest BCUT2D eigenvalue weighted by Gasteiger charge is 2.27. The second-order valence-electron chi connectivity index (χ2n) is 4.32. The molecule has 1 aromatic carbocycles. The molecule has 0 saturated heterocycles. The smallest absolute Gasteiger partial charge is 0.141 e. The Kier molecular flexibility index (Phi) is 4.05. The van der Waals surface area contributed by atoms with Crippen molar-refractivity contribution >= 4 is 17.5 Å². The molecule has 86 valence electrons. The first-order valence-electron chi connectivity index (χ1n) is 6.07. The van der Waals surface area contributed by atoms with Gasteiger partial charge in [0, 0.05) is 17.1 Å². The number of Topliss-reactive ketones (excluding diaryl/α,β-unsaturated/α-hetero) is 1. The predicted octanol–water partition coefficient (Wildman–Crippen LogP) is 4.03. The van der Waals surface area contributed by atoms with Crippen LogP contribution in [0.2, 0.25) is 0 Å². The molecule has 0 aliphatic carbocycles. The zero-order valence-electron chi connectivity index (χ0n) is 9.74. The Morgan fingerprint density at radius 3 is 3.00 bits per heavy atom. The van der Waals surface area contributed by atoms with Crippen molar-refractivity contribution < 1.29 is 4.79 Å². The number of ketones is 1. The van der Waals surface area contributed by atoms with Crippen molar-refractivity contribution in [3.63, 3.8) is 0 Å². The lowest BCUT2D eigenvalue weighted by molar-refractivity contribution is -0.120. The Morgan fingerprint density at radius 1 is 1.38 bits per heavy atom. The maximum atomic E-state index is 12.1. The highest BCUT2D eigenvalue weighted by Crippen LogP contribution is 2.40. The summed E-state index contributed by atoms with van der Waals surface area (Å²) in [6, 6.07) is 8.32. The lowest BCUT2D eigenvalue weighted by Gasteiger charge is -2.08. The third kappa shape index (κ3) is 2.49. The number of hydrogen-bond acceptors (Lipinski definition) is 2. The lowest BCUT2D eigenvalue weighted by atomic mass is 9.94. The van der Waals surface area contributed by atoms with Gasteiger partial charge in [0.25, 0.3) is 0 Å². The maximum absolute atomic E-state index is 12.1. The molecule has 0 bridgehead atoms. The van der Waals surface area contributed by atoms with Gasteiger partial charge < -0.3 is 0 Å². The normalized spacial score (nSPS) is 18.4. The summed E-state index contributed by atoms with van der Waals surface area (Å²) in [6.45, 7) is 2.17. The summed E-state index contributed by atoms with van der Waals surface area (Å²) >= 11 is 1.82. The van der Waals surface area contributed by atoms with Crippen LogP contribution in [0.5, 0.6) is 0 Å². The summed E-state index contributed by atoms with van der Waals surface area (Å²) in [7, 11) is 0. The third-order valence-corrected chi connectivity index (χ3v) is 4.30. The van der Waals surface area contributed by atoms with Crippen LogP contribution in [0.25, 0.3) is 0 Å². The van der Waals surface area contributed by atoms with Crippen molar-refractivity contribution in [3.8, 4) is 0 Å². The molecule has 2 rings (SSSR count). The van der Waals surface area contributed by atoms with E-state index in [2.05, 4.69) is 25.1 Å². The zero-order valence-corrected chi connectivity index (χ0v) is 10.6. The van der Waals surface area contributed by atoms with Crippen LogP contribution in [0.3, 0.4) is 0 Å². The van der Waals surface area contributed by atoms with Crippen molar-refractivity contribution in [3.05, 3.63) is 29.8 Å². The molecule has 0 fully saturated rings. The Hall–Kier alpha value is -0.760. The van der Waals surface area contributed by atoms with E-state index < -0.39 is 0 Å². The van der Waals surface area contributed by atoms with Crippen LogP contribution < -0.4 is 0 Å². The fourth-order valence-corrected chi connectivity index (χ4v) is 3.42. The van der Waals surface area contributed by atoms with Crippen molar-refractivity contribution in [2.24, 2.45) is 0 Å². The molecule has 0 radical (unpaired) electrons. The molecule has 0 N–H and O–H groups in total. The van der Waals surface area contributed by atoms with Crippen LogP contribution in [0.15, 0.2) is 29.2 Å². The topological polar surface area (TPSA) is 17.1 Å². The average molecular weight is 234 g/mol. The van der Waals surface area contributed by atoms with Gasteiger partial charge >= 0.3 is 0 Å². The van der Waals surface area contributed by atoms with E-state index in [9.17, 15) is 4.79 Å². The van der Waals surface area contributed by atoms with Gasteiger partial charge in [0.05, 0.1) is 5.92 Å². The molecule has 1 aliphatic rings. The Labute approximate surface area is 102 Å². The molecule has 0 aromatic heterocycles. The van der Waals surface area contributed by atoms with Crippen LogP contribution in [0.1, 0.15) is 44.1 Å². The second kappa shape index (κ2) is 5.53. The minimum absolute atomic E-state index is 0.165. The summed E-state index contributed by atoms with van der Waals surface area (Å²) in [5, 5.41) is 0. The molecular weight excluding hydrogens is 216 g/mol. The lowest BCUT2D eigenvalue weighted by Crippen LogP contribution is -2.11. The summed E-state index contributed by atoms with van der Waals surface area (Å²) in [6.07, 6.45) is 4.17. The minimum atomic E-state index is 0.165. The van der Waals surface area contributed by atoms with Crippen molar-refractivity contribution in [2.75, 3.05) is 5.75 Å². The van der Waals surface area contributed by atoms with E-state index in [0.29, 0.717) is 5.78 Å². The predicted molar refractivity (Wildman–Crippen MR) is 69.1 cm³/mol. The number of fused-ring (bicyclic) bond motifs is 1. The van der Waals surface area contributed by atoms with E-state index in [-0.39, 0.29) is 5.92 Å². The van der Waals surface area contributed by atoms with Crippen LogP contribution >= 0.6 is 11.8 Å². The molecule has 0 amide bonds. The van der Waals surface area contributed by atoms with Gasteiger partial charge in [-0.2, -0.15) is 0 Å². The summed E-state index contributed by atoms with van der Waals surface area (Å²) in [5.41, 5.74) is 1.26. The monoisotopic (exact) mass is 234 g/mol. The second-order valence-corrected chi connectivity index (χ2v) is 5.39. The van der Waals surface area contributed by atoms with E-state index >= 15 is 0 Å². The number of hydrogen-bond donors (Lipinski definition) is 0. The molecule has 0 spiro atoms. The summed E-state index contributed by atoms with van der Waals surface area (Å²) < 4.78 is 0. The molecule has 0 saturated carbocycles. The summed E-state index contributed by atoms with van der Waals surface area (Å²) in [4.78, 5) is 13.4. The van der Waals surface area contributed by atoms with E-state index in [4.69, 9.17) is 0 Å². The fourth-order valence-electron chi connectivity index (χ4n) is 2.15. The van der Waals surface area contributed by atoms with Gasteiger partial charge in [-0.25, -0.2) is 0 Å². The molecule has 2 heteroatoms. The van der Waals surface area contributed by atoms with Crippen LogP contribution in [-0.4, -0.2) is 11.5 Å². The molecule has 1 aliphatic heterocycles. The molecule has 1 aromatic rings. The number of thioether (sulfide) groups is 1. The standard InChI is InChI=1S/C14H18OS/c1-2-3-4-8-13(15)12-10-16-14-9-6-5-7-11(12)14/h5-7,9,12H,2-4,8,10H2,1H3. The molecule has 1 atom stereocenters. The number of carbonyl (C=O) groups is 1. The fraction of sp³-hybridized carbons (Fsp3) is 0.500. The van der Waals surface area contributed by atoms with Crippen LogP contribution in [-0.2, 0) is 4.79 Å². The minimum Gasteiger partial charge on any atom is -0.299 e. The highest BCUT2D eigenvalue weighted by atomic mass is 32.2. The summed E-state index contributed by atoms with van der Waals surface area (Å²) in [5.74, 6) is 1.55. The van der Waals surface area contributed by atoms with Crippen LogP contribution in [0, 0.1) is 0 Å². The number of carbonyl (C=O) groups excluding carboxylic acids is 1. The molecule has 1 nitrogen and oxygen atoms in total. The largest absolute Gasteiger partial charge is 0.299 e. The van der Waals surface area contributed by atoms with Gasteiger partial charge in [-0.3, -0.25) is 4.79 Å². The van der Waals surface area contributed by atoms with Crippen molar-refractivity contribution in [1.82, 2.24) is 0 Å². The van der Waals surface area contributed by atoms with E-state index in [1.807, 2.05) is 17.8 Å². The van der Waals surface area contributed by atoms with Crippen molar-refractivity contribution in [2.45, 2.75) is 43.4 Å². The first kappa shape index (κ1) is 11.7. The van der Waals surface area contributed by atoms with Gasteiger partial charge in [0.15, 0.2) is 0 Å². The van der Waals surface area contributed by atoms with Crippen molar-refractivity contribution in [1.29, 1.82) is 0 Å². The van der Waals surface area contributed by atoms with Gasteiger partial charge in [0.1, 0.15) is 5.78 Å². The quantitative estimate of drug-likeness (QED) is 0.716. The Bertz CT molecular complexity index is 373.